The van der Waals surface area contributed by atoms with Crippen molar-refractivity contribution in [1.29, 1.82) is 0 Å². The summed E-state index contributed by atoms with van der Waals surface area (Å²) in [6.45, 7) is 6.22. The molecule has 0 spiro atoms. The van der Waals surface area contributed by atoms with Crippen molar-refractivity contribution in [2.24, 2.45) is 11.8 Å². The Labute approximate surface area is 102 Å². The summed E-state index contributed by atoms with van der Waals surface area (Å²) < 4.78 is 0. The molecule has 2 fully saturated rings. The van der Waals surface area contributed by atoms with E-state index in [1.54, 1.807) is 0 Å². The van der Waals surface area contributed by atoms with Crippen LogP contribution in [0.1, 0.15) is 21.5 Å². The highest BCUT2D eigenvalue weighted by atomic mass is 16.1. The maximum atomic E-state index is 12.1. The highest BCUT2D eigenvalue weighted by molar-refractivity contribution is 5.95. The number of carbonyl (C=O) groups excluding carboxylic acids is 1. The first kappa shape index (κ1) is 10.8. The Kier molecular flexibility index (Phi) is 2.44. The predicted octanol–water partition coefficient (Wildman–Crippen LogP) is 1.25. The van der Waals surface area contributed by atoms with Gasteiger partial charge in [0.25, 0.3) is 5.91 Å². The van der Waals surface area contributed by atoms with Crippen LogP contribution in [-0.4, -0.2) is 25.0 Å². The zero-order valence-electron chi connectivity index (χ0n) is 10.3. The highest BCUT2D eigenvalue weighted by Crippen LogP contribution is 2.41. The summed E-state index contributed by atoms with van der Waals surface area (Å²) in [6.07, 6.45) is 0. The monoisotopic (exact) mass is 230 g/mol. The molecule has 3 nitrogen and oxygen atoms in total. The Balaban J connectivity index is 1.68. The topological polar surface area (TPSA) is 41.1 Å². The molecule has 1 aliphatic carbocycles. The standard InChI is InChI=1S/C14H18N2O/c1-8-3-4-10(5-9(8)2)14(17)16-13-11-6-15-7-12(11)13/h3-5,11-13,15H,6-7H2,1-2H3,(H,16,17). The van der Waals surface area contributed by atoms with Crippen LogP contribution in [-0.2, 0) is 0 Å². The molecule has 3 heteroatoms. The van der Waals surface area contributed by atoms with Crippen molar-refractivity contribution < 1.29 is 4.79 Å². The molecule has 1 heterocycles. The molecule has 0 aromatic heterocycles. The van der Waals surface area contributed by atoms with E-state index in [0.29, 0.717) is 17.9 Å². The Hall–Kier alpha value is -1.35. The zero-order chi connectivity index (χ0) is 12.0. The van der Waals surface area contributed by atoms with Crippen molar-refractivity contribution in [3.8, 4) is 0 Å². The van der Waals surface area contributed by atoms with Gasteiger partial charge in [-0.25, -0.2) is 0 Å². The van der Waals surface area contributed by atoms with Crippen molar-refractivity contribution in [2.75, 3.05) is 13.1 Å². The fraction of sp³-hybridized carbons (Fsp3) is 0.500. The van der Waals surface area contributed by atoms with Crippen molar-refractivity contribution >= 4 is 5.91 Å². The van der Waals surface area contributed by atoms with Crippen molar-refractivity contribution in [3.05, 3.63) is 34.9 Å². The van der Waals surface area contributed by atoms with Crippen molar-refractivity contribution in [2.45, 2.75) is 19.9 Å². The number of benzene rings is 1. The summed E-state index contributed by atoms with van der Waals surface area (Å²) in [5.41, 5.74) is 3.19. The second kappa shape index (κ2) is 3.84. The first-order valence-corrected chi connectivity index (χ1v) is 6.25. The van der Waals surface area contributed by atoms with Gasteiger partial charge in [-0.2, -0.15) is 0 Å². The first-order chi connectivity index (χ1) is 8.16. The van der Waals surface area contributed by atoms with Gasteiger partial charge in [0, 0.05) is 24.7 Å². The number of hydrogen-bond acceptors (Lipinski definition) is 2. The molecular formula is C14H18N2O. The molecule has 1 amide bonds. The Morgan fingerprint density at radius 3 is 2.59 bits per heavy atom. The Bertz CT molecular complexity index is 459. The fourth-order valence-electron chi connectivity index (χ4n) is 2.75. The van der Waals surface area contributed by atoms with Crippen LogP contribution >= 0.6 is 0 Å². The van der Waals surface area contributed by atoms with Crippen LogP contribution < -0.4 is 10.6 Å². The molecule has 3 rings (SSSR count). The third kappa shape index (κ3) is 1.84. The van der Waals surface area contributed by atoms with Crippen LogP contribution in [0.3, 0.4) is 0 Å². The molecule has 90 valence electrons. The van der Waals surface area contributed by atoms with Gasteiger partial charge in [0.05, 0.1) is 0 Å². The number of carbonyl (C=O) groups is 1. The number of hydrogen-bond donors (Lipinski definition) is 2. The molecule has 1 saturated heterocycles. The van der Waals surface area contributed by atoms with Gasteiger partial charge in [-0.05, 0) is 48.9 Å². The van der Waals surface area contributed by atoms with E-state index in [1.165, 1.54) is 11.1 Å². The molecule has 2 unspecified atom stereocenters. The third-order valence-corrected chi connectivity index (χ3v) is 4.16. The smallest absolute Gasteiger partial charge is 0.251 e. The van der Waals surface area contributed by atoms with Crippen LogP contribution in [0.15, 0.2) is 18.2 Å². The molecule has 2 N–H and O–H groups in total. The average molecular weight is 230 g/mol. The fourth-order valence-corrected chi connectivity index (χ4v) is 2.75. The minimum atomic E-state index is 0.0764. The van der Waals surface area contributed by atoms with Gasteiger partial charge in [-0.15, -0.1) is 0 Å². The minimum absolute atomic E-state index is 0.0764. The molecule has 1 aromatic rings. The maximum absolute atomic E-state index is 12.1. The lowest BCUT2D eigenvalue weighted by Crippen LogP contribution is -2.32. The molecule has 0 radical (unpaired) electrons. The highest BCUT2D eigenvalue weighted by Gasteiger charge is 2.53. The Morgan fingerprint density at radius 1 is 1.24 bits per heavy atom. The molecule has 2 atom stereocenters. The van der Waals surface area contributed by atoms with Gasteiger partial charge >= 0.3 is 0 Å². The van der Waals surface area contributed by atoms with Crippen LogP contribution in [0, 0.1) is 25.7 Å². The van der Waals surface area contributed by atoms with E-state index in [-0.39, 0.29) is 5.91 Å². The van der Waals surface area contributed by atoms with Crippen LogP contribution in [0.25, 0.3) is 0 Å². The van der Waals surface area contributed by atoms with E-state index in [9.17, 15) is 4.79 Å². The van der Waals surface area contributed by atoms with E-state index in [4.69, 9.17) is 0 Å². The van der Waals surface area contributed by atoms with Gasteiger partial charge in [0.1, 0.15) is 0 Å². The number of rotatable bonds is 2. The van der Waals surface area contributed by atoms with Gasteiger partial charge < -0.3 is 10.6 Å². The number of aryl methyl sites for hydroxylation is 2. The molecule has 1 aliphatic heterocycles. The van der Waals surface area contributed by atoms with E-state index in [0.717, 1.165) is 18.7 Å². The first-order valence-electron chi connectivity index (χ1n) is 6.25. The van der Waals surface area contributed by atoms with Gasteiger partial charge in [0.2, 0.25) is 0 Å². The minimum Gasteiger partial charge on any atom is -0.349 e. The second-order valence-electron chi connectivity index (χ2n) is 5.28. The van der Waals surface area contributed by atoms with Crippen LogP contribution in [0.4, 0.5) is 0 Å². The van der Waals surface area contributed by atoms with Crippen LogP contribution in [0.5, 0.6) is 0 Å². The normalized spacial score (nSPS) is 29.9. The number of fused-ring (bicyclic) bond motifs is 1. The third-order valence-electron chi connectivity index (χ3n) is 4.16. The number of nitrogens with one attached hydrogen (secondary N) is 2. The zero-order valence-corrected chi connectivity index (χ0v) is 10.3. The van der Waals surface area contributed by atoms with Crippen LogP contribution in [0.2, 0.25) is 0 Å². The summed E-state index contributed by atoms with van der Waals surface area (Å²) in [6, 6.07) is 6.31. The van der Waals surface area contributed by atoms with Gasteiger partial charge in [-0.1, -0.05) is 6.07 Å². The summed E-state index contributed by atoms with van der Waals surface area (Å²) in [7, 11) is 0. The second-order valence-corrected chi connectivity index (χ2v) is 5.28. The van der Waals surface area contributed by atoms with E-state index in [1.807, 2.05) is 25.1 Å². The largest absolute Gasteiger partial charge is 0.349 e. The lowest BCUT2D eigenvalue weighted by atomic mass is 10.1. The van der Waals surface area contributed by atoms with Crippen molar-refractivity contribution in [1.82, 2.24) is 10.6 Å². The quantitative estimate of drug-likeness (QED) is 0.803. The average Bonchev–Trinajstić information content (AvgIpc) is 2.76. The van der Waals surface area contributed by atoms with E-state index in [2.05, 4.69) is 17.6 Å². The molecule has 2 aliphatic rings. The number of amides is 1. The van der Waals surface area contributed by atoms with E-state index >= 15 is 0 Å². The summed E-state index contributed by atoms with van der Waals surface area (Å²) in [4.78, 5) is 12.1. The van der Waals surface area contributed by atoms with E-state index < -0.39 is 0 Å². The summed E-state index contributed by atoms with van der Waals surface area (Å²) in [5.74, 6) is 1.42. The SMILES string of the molecule is Cc1ccc(C(=O)NC2C3CNCC32)cc1C. The predicted molar refractivity (Wildman–Crippen MR) is 67.0 cm³/mol. The maximum Gasteiger partial charge on any atom is 0.251 e. The molecule has 0 bridgehead atoms. The van der Waals surface area contributed by atoms with Gasteiger partial charge in [0.15, 0.2) is 0 Å². The summed E-state index contributed by atoms with van der Waals surface area (Å²) >= 11 is 0. The molecule has 1 aromatic carbocycles. The Morgan fingerprint density at radius 2 is 1.94 bits per heavy atom. The molecule has 17 heavy (non-hydrogen) atoms. The molecular weight excluding hydrogens is 212 g/mol. The number of piperidine rings is 1. The lowest BCUT2D eigenvalue weighted by molar-refractivity contribution is 0.0946. The van der Waals surface area contributed by atoms with Gasteiger partial charge in [-0.3, -0.25) is 4.79 Å². The molecule has 1 saturated carbocycles. The summed E-state index contributed by atoms with van der Waals surface area (Å²) in [5, 5.41) is 6.47. The lowest BCUT2D eigenvalue weighted by Gasteiger charge is -2.09. The van der Waals surface area contributed by atoms with Crippen molar-refractivity contribution in [3.63, 3.8) is 0 Å².